The Hall–Kier alpha value is -1.31. The summed E-state index contributed by atoms with van der Waals surface area (Å²) >= 11 is 0. The molecule has 118 valence electrons. The van der Waals surface area contributed by atoms with Crippen molar-refractivity contribution in [1.29, 1.82) is 0 Å². The van der Waals surface area contributed by atoms with Crippen LogP contribution in [0.5, 0.6) is 0 Å². The zero-order valence-corrected chi connectivity index (χ0v) is 15.7. The number of carbonyl (C=O) groups excluding carboxylic acids is 1. The van der Waals surface area contributed by atoms with Crippen LogP contribution < -0.4 is 5.32 Å². The van der Waals surface area contributed by atoms with E-state index in [9.17, 15) is 4.79 Å². The summed E-state index contributed by atoms with van der Waals surface area (Å²) in [6, 6.07) is 7.56. The molecule has 1 aromatic carbocycles. The van der Waals surface area contributed by atoms with E-state index in [0.29, 0.717) is 18.7 Å². The standard InChI is InChI=1S/C15H24N4O.HI/c1-12-7-6-8-13(11-12)14(20)16-9-10-17-15(18(2)3)19(4)5;/h6-8,11H,9-10H2,1-5H3,(H,16,20);1H. The molecule has 0 radical (unpaired) electrons. The van der Waals surface area contributed by atoms with Crippen molar-refractivity contribution in [3.05, 3.63) is 35.4 Å². The number of carbonyl (C=O) groups is 1. The summed E-state index contributed by atoms with van der Waals surface area (Å²) in [5.41, 5.74) is 1.77. The fourth-order valence-corrected chi connectivity index (χ4v) is 1.90. The maximum Gasteiger partial charge on any atom is 0.251 e. The van der Waals surface area contributed by atoms with Gasteiger partial charge in [0.15, 0.2) is 5.96 Å². The molecule has 0 saturated heterocycles. The van der Waals surface area contributed by atoms with Gasteiger partial charge in [-0.2, -0.15) is 0 Å². The summed E-state index contributed by atoms with van der Waals surface area (Å²) in [6.45, 7) is 3.06. The van der Waals surface area contributed by atoms with Crippen molar-refractivity contribution in [3.63, 3.8) is 0 Å². The maximum absolute atomic E-state index is 11.9. The number of halogens is 1. The third-order valence-corrected chi connectivity index (χ3v) is 2.73. The lowest BCUT2D eigenvalue weighted by molar-refractivity contribution is 0.0954. The number of amides is 1. The van der Waals surface area contributed by atoms with Gasteiger partial charge in [0.2, 0.25) is 0 Å². The lowest BCUT2D eigenvalue weighted by atomic mass is 10.1. The number of guanidine groups is 1. The van der Waals surface area contributed by atoms with Crippen LogP contribution >= 0.6 is 24.0 Å². The predicted molar refractivity (Wildman–Crippen MR) is 98.6 cm³/mol. The number of nitrogens with one attached hydrogen (secondary N) is 1. The smallest absolute Gasteiger partial charge is 0.251 e. The quantitative estimate of drug-likeness (QED) is 0.361. The van der Waals surface area contributed by atoms with E-state index in [2.05, 4.69) is 10.3 Å². The highest BCUT2D eigenvalue weighted by Gasteiger charge is 2.05. The Labute approximate surface area is 144 Å². The van der Waals surface area contributed by atoms with Crippen LogP contribution in [0.3, 0.4) is 0 Å². The second-order valence-electron chi connectivity index (χ2n) is 5.10. The molecule has 0 aliphatic heterocycles. The molecule has 0 heterocycles. The molecule has 1 amide bonds. The first kappa shape index (κ1) is 19.7. The van der Waals surface area contributed by atoms with Gasteiger partial charge in [0.1, 0.15) is 0 Å². The van der Waals surface area contributed by atoms with Gasteiger partial charge in [-0.05, 0) is 19.1 Å². The summed E-state index contributed by atoms with van der Waals surface area (Å²) in [7, 11) is 7.79. The molecular formula is C15H25IN4O. The van der Waals surface area contributed by atoms with Crippen molar-refractivity contribution in [2.75, 3.05) is 41.3 Å². The first-order valence-corrected chi connectivity index (χ1v) is 6.65. The fraction of sp³-hybridized carbons (Fsp3) is 0.467. The van der Waals surface area contributed by atoms with E-state index >= 15 is 0 Å². The minimum absolute atomic E-state index is 0. The van der Waals surface area contributed by atoms with Gasteiger partial charge in [-0.1, -0.05) is 17.7 Å². The van der Waals surface area contributed by atoms with Crippen LogP contribution in [0.15, 0.2) is 29.3 Å². The minimum atomic E-state index is -0.0554. The topological polar surface area (TPSA) is 47.9 Å². The van der Waals surface area contributed by atoms with Crippen LogP contribution in [0, 0.1) is 6.92 Å². The number of rotatable bonds is 4. The number of aryl methyl sites for hydroxylation is 1. The van der Waals surface area contributed by atoms with Gasteiger partial charge in [-0.25, -0.2) is 0 Å². The van der Waals surface area contributed by atoms with Crippen LogP contribution in [0.4, 0.5) is 0 Å². The van der Waals surface area contributed by atoms with Crippen molar-refractivity contribution in [1.82, 2.24) is 15.1 Å². The van der Waals surface area contributed by atoms with Crippen molar-refractivity contribution in [2.45, 2.75) is 6.92 Å². The molecule has 1 N–H and O–H groups in total. The highest BCUT2D eigenvalue weighted by atomic mass is 127. The average Bonchev–Trinajstić information content (AvgIpc) is 2.37. The third-order valence-electron chi connectivity index (χ3n) is 2.73. The van der Waals surface area contributed by atoms with Gasteiger partial charge in [-0.3, -0.25) is 9.79 Å². The Kier molecular flexibility index (Phi) is 9.00. The van der Waals surface area contributed by atoms with E-state index in [1.165, 1.54) is 0 Å². The summed E-state index contributed by atoms with van der Waals surface area (Å²) in [4.78, 5) is 20.3. The second kappa shape index (κ2) is 9.59. The molecule has 0 unspecified atom stereocenters. The van der Waals surface area contributed by atoms with Crippen LogP contribution in [-0.4, -0.2) is 62.9 Å². The van der Waals surface area contributed by atoms with E-state index in [1.54, 1.807) is 0 Å². The molecule has 5 nitrogen and oxygen atoms in total. The monoisotopic (exact) mass is 404 g/mol. The van der Waals surface area contributed by atoms with Gasteiger partial charge >= 0.3 is 0 Å². The van der Waals surface area contributed by atoms with Crippen LogP contribution in [-0.2, 0) is 0 Å². The molecule has 21 heavy (non-hydrogen) atoms. The normalized spacial score (nSPS) is 9.38. The summed E-state index contributed by atoms with van der Waals surface area (Å²) in [6.07, 6.45) is 0. The highest BCUT2D eigenvalue weighted by molar-refractivity contribution is 14.0. The number of benzene rings is 1. The zero-order valence-electron chi connectivity index (χ0n) is 13.4. The molecular weight excluding hydrogens is 379 g/mol. The fourth-order valence-electron chi connectivity index (χ4n) is 1.90. The van der Waals surface area contributed by atoms with Crippen molar-refractivity contribution < 1.29 is 4.79 Å². The Balaban J connectivity index is 0.00000400. The third kappa shape index (κ3) is 6.79. The molecule has 0 fully saturated rings. The maximum atomic E-state index is 11.9. The number of nitrogens with zero attached hydrogens (tertiary/aromatic N) is 3. The largest absolute Gasteiger partial charge is 0.350 e. The molecule has 0 saturated carbocycles. The SMILES string of the molecule is Cc1cccc(C(=O)NCCN=C(N(C)C)N(C)C)c1.I. The zero-order chi connectivity index (χ0) is 15.1. The van der Waals surface area contributed by atoms with Gasteiger partial charge < -0.3 is 15.1 Å². The lowest BCUT2D eigenvalue weighted by Crippen LogP contribution is -2.36. The molecule has 0 bridgehead atoms. The highest BCUT2D eigenvalue weighted by Crippen LogP contribution is 2.03. The van der Waals surface area contributed by atoms with Crippen molar-refractivity contribution in [2.24, 2.45) is 4.99 Å². The Morgan fingerprint density at radius 2 is 1.81 bits per heavy atom. The second-order valence-corrected chi connectivity index (χ2v) is 5.10. The van der Waals surface area contributed by atoms with Crippen LogP contribution in [0.1, 0.15) is 15.9 Å². The lowest BCUT2D eigenvalue weighted by Gasteiger charge is -2.22. The van der Waals surface area contributed by atoms with E-state index in [-0.39, 0.29) is 29.9 Å². The van der Waals surface area contributed by atoms with Crippen LogP contribution in [0.2, 0.25) is 0 Å². The minimum Gasteiger partial charge on any atom is -0.350 e. The Morgan fingerprint density at radius 3 is 2.33 bits per heavy atom. The van der Waals surface area contributed by atoms with E-state index in [1.807, 2.05) is 69.2 Å². The number of hydrogen-bond donors (Lipinski definition) is 1. The predicted octanol–water partition coefficient (Wildman–Crippen LogP) is 1.82. The van der Waals surface area contributed by atoms with Crippen molar-refractivity contribution in [3.8, 4) is 0 Å². The molecule has 0 atom stereocenters. The van der Waals surface area contributed by atoms with Crippen molar-refractivity contribution >= 4 is 35.8 Å². The summed E-state index contributed by atoms with van der Waals surface area (Å²) < 4.78 is 0. The average molecular weight is 404 g/mol. The van der Waals surface area contributed by atoms with E-state index in [0.717, 1.165) is 11.5 Å². The molecule has 0 aliphatic rings. The first-order chi connectivity index (χ1) is 9.41. The summed E-state index contributed by atoms with van der Waals surface area (Å²) in [5.74, 6) is 0.829. The molecule has 1 rings (SSSR count). The number of aliphatic imine (C=N–C) groups is 1. The van der Waals surface area contributed by atoms with E-state index < -0.39 is 0 Å². The van der Waals surface area contributed by atoms with Gasteiger partial charge in [0, 0.05) is 40.3 Å². The van der Waals surface area contributed by atoms with Crippen LogP contribution in [0.25, 0.3) is 0 Å². The molecule has 0 spiro atoms. The number of hydrogen-bond acceptors (Lipinski definition) is 2. The summed E-state index contributed by atoms with van der Waals surface area (Å²) in [5, 5.41) is 2.88. The van der Waals surface area contributed by atoms with Gasteiger partial charge in [0.25, 0.3) is 5.91 Å². The Bertz CT molecular complexity index is 476. The molecule has 6 heteroatoms. The van der Waals surface area contributed by atoms with Gasteiger partial charge in [0.05, 0.1) is 6.54 Å². The molecule has 0 aromatic heterocycles. The Morgan fingerprint density at radius 1 is 1.19 bits per heavy atom. The molecule has 1 aromatic rings. The molecule has 0 aliphatic carbocycles. The first-order valence-electron chi connectivity index (χ1n) is 6.65. The van der Waals surface area contributed by atoms with Gasteiger partial charge in [-0.15, -0.1) is 24.0 Å². The van der Waals surface area contributed by atoms with E-state index in [4.69, 9.17) is 0 Å².